The smallest absolute Gasteiger partial charge is 0.192 e. The van der Waals surface area contributed by atoms with Crippen molar-refractivity contribution >= 4 is 38.9 Å². The molecule has 0 aliphatic heterocycles. The first-order valence-corrected chi connectivity index (χ1v) is 6.69. The van der Waals surface area contributed by atoms with Gasteiger partial charge in [0.05, 0.1) is 23.3 Å². The molecule has 4 rings (SSSR count). The molecule has 4 nitrogen and oxygen atoms in total. The first-order valence-electron chi connectivity index (χ1n) is 6.69. The Morgan fingerprint density at radius 3 is 1.35 bits per heavy atom. The number of hydrogen-bond acceptors (Lipinski definition) is 4. The van der Waals surface area contributed by atoms with Crippen LogP contribution >= 0.6 is 17.0 Å². The summed E-state index contributed by atoms with van der Waals surface area (Å²) in [6.07, 6.45) is 2.81. The molecule has 0 amide bonds. The minimum atomic E-state index is 0. The maximum atomic E-state index is 11.1. The van der Waals surface area contributed by atoms with Gasteiger partial charge in [0.15, 0.2) is 10.9 Å². The highest BCUT2D eigenvalue weighted by Crippen LogP contribution is 2.07. The molecule has 2 aromatic heterocycles. The number of rotatable bonds is 0. The second kappa shape index (κ2) is 7.56. The van der Waals surface area contributed by atoms with Gasteiger partial charge in [-0.05, 0) is 24.3 Å². The summed E-state index contributed by atoms with van der Waals surface area (Å²) in [7, 11) is 0. The van der Waals surface area contributed by atoms with Gasteiger partial charge in [0, 0.05) is 12.1 Å². The molecule has 0 bridgehead atoms. The third-order valence-electron chi connectivity index (χ3n) is 3.13. The van der Waals surface area contributed by atoms with Crippen LogP contribution in [-0.2, 0) is 0 Å². The highest BCUT2D eigenvalue weighted by atomic mass is 79.9. The quantitative estimate of drug-likeness (QED) is 0.464. The normalized spacial score (nSPS) is 9.74. The number of para-hydroxylation sites is 2. The Bertz CT molecular complexity index is 938. The van der Waals surface area contributed by atoms with Crippen molar-refractivity contribution in [3.05, 3.63) is 93.6 Å². The summed E-state index contributed by atoms with van der Waals surface area (Å²) in [5, 5.41) is 1.27. The van der Waals surface area contributed by atoms with E-state index in [9.17, 15) is 9.59 Å². The number of hydrogen-bond donors (Lipinski definition) is 0. The van der Waals surface area contributed by atoms with Crippen LogP contribution in [-0.4, -0.2) is 0 Å². The second-order valence-corrected chi connectivity index (χ2v) is 4.56. The van der Waals surface area contributed by atoms with E-state index in [4.69, 9.17) is 8.83 Å². The van der Waals surface area contributed by atoms with E-state index in [1.54, 1.807) is 24.3 Å². The standard InChI is InChI=1S/2C9H6O2.BrH/c2*10-8-5-6-11-9-4-2-1-3-7(8)9;/h2*1-6H;1H. The SMILES string of the molecule is Br.O=c1ccoc2ccccc12.O=c1ccoc2ccccc12. The molecular formula is C18H13BrO4. The van der Waals surface area contributed by atoms with Crippen LogP contribution in [0.1, 0.15) is 0 Å². The van der Waals surface area contributed by atoms with Crippen LogP contribution in [0.3, 0.4) is 0 Å². The van der Waals surface area contributed by atoms with Crippen LogP contribution in [0, 0.1) is 0 Å². The molecule has 2 heterocycles. The Morgan fingerprint density at radius 2 is 0.957 bits per heavy atom. The lowest BCUT2D eigenvalue weighted by Crippen LogP contribution is -1.96. The summed E-state index contributed by atoms with van der Waals surface area (Å²) in [5.74, 6) is 0. The molecule has 4 aromatic rings. The van der Waals surface area contributed by atoms with Crippen molar-refractivity contribution in [2.45, 2.75) is 0 Å². The first kappa shape index (κ1) is 16.7. The fourth-order valence-electron chi connectivity index (χ4n) is 2.06. The van der Waals surface area contributed by atoms with Crippen molar-refractivity contribution < 1.29 is 8.83 Å². The highest BCUT2D eigenvalue weighted by molar-refractivity contribution is 8.93. The van der Waals surface area contributed by atoms with Gasteiger partial charge in [0.25, 0.3) is 0 Å². The van der Waals surface area contributed by atoms with Crippen molar-refractivity contribution in [1.29, 1.82) is 0 Å². The monoisotopic (exact) mass is 372 g/mol. The van der Waals surface area contributed by atoms with Crippen LogP contribution in [0.4, 0.5) is 0 Å². The van der Waals surface area contributed by atoms with Crippen LogP contribution < -0.4 is 10.9 Å². The van der Waals surface area contributed by atoms with Crippen LogP contribution in [0.5, 0.6) is 0 Å². The largest absolute Gasteiger partial charge is 0.464 e. The average molecular weight is 373 g/mol. The predicted octanol–water partition coefficient (Wildman–Crippen LogP) is 4.16. The van der Waals surface area contributed by atoms with Crippen LogP contribution in [0.15, 0.2) is 91.6 Å². The zero-order chi connectivity index (χ0) is 15.4. The van der Waals surface area contributed by atoms with Gasteiger partial charge < -0.3 is 8.83 Å². The summed E-state index contributed by atoms with van der Waals surface area (Å²) >= 11 is 0. The van der Waals surface area contributed by atoms with E-state index in [1.807, 2.05) is 24.3 Å². The van der Waals surface area contributed by atoms with Gasteiger partial charge in [-0.1, -0.05) is 24.3 Å². The maximum Gasteiger partial charge on any atom is 0.192 e. The van der Waals surface area contributed by atoms with E-state index in [2.05, 4.69) is 0 Å². The van der Waals surface area contributed by atoms with Gasteiger partial charge in [-0.25, -0.2) is 0 Å². The predicted molar refractivity (Wildman–Crippen MR) is 95.3 cm³/mol. The fourth-order valence-corrected chi connectivity index (χ4v) is 2.06. The van der Waals surface area contributed by atoms with Gasteiger partial charge in [0.1, 0.15) is 11.2 Å². The zero-order valence-electron chi connectivity index (χ0n) is 12.0. The zero-order valence-corrected chi connectivity index (χ0v) is 13.7. The average Bonchev–Trinajstić information content (AvgIpc) is 2.57. The van der Waals surface area contributed by atoms with Crippen molar-refractivity contribution in [3.63, 3.8) is 0 Å². The number of halogens is 1. The minimum Gasteiger partial charge on any atom is -0.464 e. The van der Waals surface area contributed by atoms with E-state index in [0.717, 1.165) is 0 Å². The summed E-state index contributed by atoms with van der Waals surface area (Å²) < 4.78 is 10.2. The molecule has 0 saturated heterocycles. The van der Waals surface area contributed by atoms with E-state index < -0.39 is 0 Å². The molecule has 2 aromatic carbocycles. The first-order chi connectivity index (χ1) is 10.8. The summed E-state index contributed by atoms with van der Waals surface area (Å²) in [5.41, 5.74) is 1.29. The maximum absolute atomic E-state index is 11.1. The third kappa shape index (κ3) is 3.76. The molecule has 23 heavy (non-hydrogen) atoms. The molecule has 0 aliphatic carbocycles. The summed E-state index contributed by atoms with van der Waals surface area (Å²) in [4.78, 5) is 22.2. The molecule has 0 atom stereocenters. The van der Waals surface area contributed by atoms with E-state index in [1.165, 1.54) is 24.7 Å². The van der Waals surface area contributed by atoms with Gasteiger partial charge >= 0.3 is 0 Å². The highest BCUT2D eigenvalue weighted by Gasteiger charge is 1.95. The molecule has 0 fully saturated rings. The van der Waals surface area contributed by atoms with Crippen LogP contribution in [0.25, 0.3) is 21.9 Å². The Balaban J connectivity index is 0.000000160. The molecular weight excluding hydrogens is 360 g/mol. The van der Waals surface area contributed by atoms with Gasteiger partial charge in [-0.15, -0.1) is 17.0 Å². The molecule has 5 heteroatoms. The molecule has 0 spiro atoms. The van der Waals surface area contributed by atoms with Crippen molar-refractivity contribution in [3.8, 4) is 0 Å². The van der Waals surface area contributed by atoms with Crippen molar-refractivity contribution in [2.24, 2.45) is 0 Å². The lowest BCUT2D eigenvalue weighted by molar-refractivity contribution is 0.602. The second-order valence-electron chi connectivity index (χ2n) is 4.56. The van der Waals surface area contributed by atoms with Gasteiger partial charge in [-0.3, -0.25) is 9.59 Å². The molecule has 116 valence electrons. The lowest BCUT2D eigenvalue weighted by Gasteiger charge is -1.91. The Hall–Kier alpha value is -2.66. The van der Waals surface area contributed by atoms with E-state index in [-0.39, 0.29) is 27.8 Å². The number of fused-ring (bicyclic) bond motifs is 2. The molecule has 0 saturated carbocycles. The topological polar surface area (TPSA) is 60.4 Å². The fraction of sp³-hybridized carbons (Fsp3) is 0. The summed E-state index contributed by atoms with van der Waals surface area (Å²) in [6, 6.07) is 17.2. The van der Waals surface area contributed by atoms with Crippen LogP contribution in [0.2, 0.25) is 0 Å². The molecule has 0 unspecified atom stereocenters. The molecule has 0 aliphatic rings. The third-order valence-corrected chi connectivity index (χ3v) is 3.13. The van der Waals surface area contributed by atoms with Crippen molar-refractivity contribution in [2.75, 3.05) is 0 Å². The molecule has 0 radical (unpaired) electrons. The number of benzene rings is 2. The Morgan fingerprint density at radius 1 is 0.565 bits per heavy atom. The van der Waals surface area contributed by atoms with Gasteiger partial charge in [-0.2, -0.15) is 0 Å². The minimum absolute atomic E-state index is 0. The molecule has 0 N–H and O–H groups in total. The lowest BCUT2D eigenvalue weighted by atomic mass is 10.2. The Labute approximate surface area is 141 Å². The summed E-state index contributed by atoms with van der Waals surface area (Å²) in [6.45, 7) is 0. The van der Waals surface area contributed by atoms with E-state index >= 15 is 0 Å². The Kier molecular flexibility index (Phi) is 5.49. The van der Waals surface area contributed by atoms with Gasteiger partial charge in [0.2, 0.25) is 0 Å². The van der Waals surface area contributed by atoms with E-state index in [0.29, 0.717) is 21.9 Å². The van der Waals surface area contributed by atoms with Crippen molar-refractivity contribution in [1.82, 2.24) is 0 Å².